The smallest absolute Gasteiger partial charge is 0.396 e. The molecule has 0 radical (unpaired) electrons. The van der Waals surface area contributed by atoms with Crippen LogP contribution in [0, 0.1) is 0 Å². The molecule has 0 aromatic heterocycles. The maximum Gasteiger partial charge on any atom is 0.470 e. The number of nitrogens with zero attached hydrogens (tertiary/aromatic N) is 3. The highest BCUT2D eigenvalue weighted by Crippen LogP contribution is 2.35. The fourth-order valence-electron chi connectivity index (χ4n) is 0.913. The summed E-state index contributed by atoms with van der Waals surface area (Å²) >= 11 is 0. The number of carbonyl (C=O) groups excluding carboxylic acids is 1. The Morgan fingerprint density at radius 2 is 2.00 bits per heavy atom. The van der Waals surface area contributed by atoms with E-state index in [1.807, 2.05) is 0 Å². The summed E-state index contributed by atoms with van der Waals surface area (Å²) in [6, 6.07) is -1.47. The number of hydrogen-bond acceptors (Lipinski definition) is 7. The van der Waals surface area contributed by atoms with Crippen LogP contribution in [0.3, 0.4) is 0 Å². The Bertz CT molecular complexity index is 377. The molecule has 18 heavy (non-hydrogen) atoms. The number of carbonyl (C=O) groups is 1. The number of aliphatic hydroxyl groups is 3. The molecule has 0 aliphatic rings. The number of ketones is 1. The van der Waals surface area contributed by atoms with Gasteiger partial charge in [0.25, 0.3) is 0 Å². The average molecular weight is 285 g/mol. The lowest BCUT2D eigenvalue weighted by Crippen LogP contribution is -2.44. The van der Waals surface area contributed by atoms with Crippen molar-refractivity contribution in [3.05, 3.63) is 10.4 Å². The molecule has 12 heteroatoms. The molecule has 0 rings (SSSR count). The van der Waals surface area contributed by atoms with Gasteiger partial charge in [0.2, 0.25) is 0 Å². The Kier molecular flexibility index (Phi) is 6.99. The molecule has 0 saturated carbocycles. The molecular formula is C6H12N3O8P. The third-order valence-corrected chi connectivity index (χ3v) is 2.28. The van der Waals surface area contributed by atoms with E-state index in [9.17, 15) is 19.6 Å². The first-order valence-electron chi connectivity index (χ1n) is 4.47. The summed E-state index contributed by atoms with van der Waals surface area (Å²) in [6.45, 7) is -1.97. The number of phosphoric acid groups is 1. The topological polar surface area (TPSA) is 193 Å². The van der Waals surface area contributed by atoms with Crippen LogP contribution in [0.25, 0.3) is 10.4 Å². The predicted octanol–water partition coefficient (Wildman–Crippen LogP) is -1.94. The highest BCUT2D eigenvalue weighted by molar-refractivity contribution is 7.46. The zero-order chi connectivity index (χ0) is 14.3. The monoisotopic (exact) mass is 285 g/mol. The van der Waals surface area contributed by atoms with Gasteiger partial charge in [0, 0.05) is 4.91 Å². The first-order chi connectivity index (χ1) is 8.22. The van der Waals surface area contributed by atoms with Crippen molar-refractivity contribution in [2.75, 3.05) is 13.2 Å². The number of hydrogen-bond donors (Lipinski definition) is 5. The van der Waals surface area contributed by atoms with Crippen molar-refractivity contribution in [1.29, 1.82) is 0 Å². The number of rotatable bonds is 8. The maximum absolute atomic E-state index is 11.2. The third kappa shape index (κ3) is 6.05. The van der Waals surface area contributed by atoms with E-state index >= 15 is 0 Å². The molecule has 0 amide bonds. The summed E-state index contributed by atoms with van der Waals surface area (Å²) in [6.07, 6.45) is -4.03. The Hall–Kier alpha value is -1.03. The van der Waals surface area contributed by atoms with Crippen LogP contribution in [0.4, 0.5) is 0 Å². The second-order valence-electron chi connectivity index (χ2n) is 3.12. The fraction of sp³-hybridized carbons (Fsp3) is 0.833. The minimum Gasteiger partial charge on any atom is -0.396 e. The van der Waals surface area contributed by atoms with Gasteiger partial charge >= 0.3 is 7.82 Å². The van der Waals surface area contributed by atoms with Gasteiger partial charge in [-0.2, -0.15) is 0 Å². The van der Waals surface area contributed by atoms with Crippen molar-refractivity contribution in [2.45, 2.75) is 18.2 Å². The molecule has 0 aliphatic heterocycles. The molecule has 0 unspecified atom stereocenters. The van der Waals surface area contributed by atoms with Crippen LogP contribution >= 0.6 is 7.82 Å². The van der Waals surface area contributed by atoms with Crippen LogP contribution in [0.15, 0.2) is 5.11 Å². The molecule has 0 aromatic rings. The van der Waals surface area contributed by atoms with E-state index in [1.165, 1.54) is 0 Å². The van der Waals surface area contributed by atoms with Crippen LogP contribution in [-0.2, 0) is 13.9 Å². The van der Waals surface area contributed by atoms with Gasteiger partial charge in [0.15, 0.2) is 5.78 Å². The molecule has 0 heterocycles. The van der Waals surface area contributed by atoms with Gasteiger partial charge in [0.1, 0.15) is 12.7 Å². The lowest BCUT2D eigenvalue weighted by atomic mass is 10.0. The van der Waals surface area contributed by atoms with Gasteiger partial charge in [-0.1, -0.05) is 5.11 Å². The van der Waals surface area contributed by atoms with Gasteiger partial charge < -0.3 is 25.1 Å². The summed E-state index contributed by atoms with van der Waals surface area (Å²) in [5, 5.41) is 30.3. The minimum atomic E-state index is -4.88. The van der Waals surface area contributed by atoms with E-state index in [1.54, 1.807) is 0 Å². The third-order valence-electron chi connectivity index (χ3n) is 1.81. The zero-order valence-electron chi connectivity index (χ0n) is 8.90. The molecule has 5 N–H and O–H groups in total. The highest BCUT2D eigenvalue weighted by Gasteiger charge is 2.31. The van der Waals surface area contributed by atoms with Crippen molar-refractivity contribution < 1.29 is 39.0 Å². The molecule has 0 fully saturated rings. The normalized spacial score (nSPS) is 16.5. The highest BCUT2D eigenvalue weighted by atomic mass is 31.2. The number of azide groups is 1. The van der Waals surface area contributed by atoms with Crippen molar-refractivity contribution in [3.8, 4) is 0 Å². The standard InChI is InChI=1S/C6H12N3O8P/c7-9-8-3(1-10)5(12)6(13)4(11)2-17-18(14,15)16/h3,5-6,10,12-13H,1-2H2,(H2,14,15,16)/t3-,5+,6+/m0/s1. The summed E-state index contributed by atoms with van der Waals surface area (Å²) in [4.78, 5) is 30.1. The molecule has 104 valence electrons. The Balaban J connectivity index is 4.53. The number of Topliss-reactive ketones (excluding diaryl/α,β-unsaturated/α-hetero) is 1. The van der Waals surface area contributed by atoms with Crippen LogP contribution in [0.2, 0.25) is 0 Å². The number of aliphatic hydroxyl groups excluding tert-OH is 3. The van der Waals surface area contributed by atoms with E-state index in [0.717, 1.165) is 0 Å². The first kappa shape index (κ1) is 17.0. The Labute approximate surface area is 100 Å². The average Bonchev–Trinajstić information content (AvgIpc) is 2.30. The Morgan fingerprint density at radius 3 is 2.39 bits per heavy atom. The van der Waals surface area contributed by atoms with Crippen molar-refractivity contribution >= 4 is 13.6 Å². The van der Waals surface area contributed by atoms with Crippen LogP contribution < -0.4 is 0 Å². The molecule has 0 bridgehead atoms. The summed E-state index contributed by atoms with van der Waals surface area (Å²) < 4.78 is 14.1. The fourth-order valence-corrected chi connectivity index (χ4v) is 1.21. The van der Waals surface area contributed by atoms with E-state index in [2.05, 4.69) is 14.5 Å². The van der Waals surface area contributed by atoms with Crippen molar-refractivity contribution in [1.82, 2.24) is 0 Å². The van der Waals surface area contributed by atoms with Gasteiger partial charge in [-0.25, -0.2) is 4.57 Å². The molecule has 0 spiro atoms. The number of phosphoric ester groups is 1. The van der Waals surface area contributed by atoms with Crippen molar-refractivity contribution in [3.63, 3.8) is 0 Å². The second-order valence-corrected chi connectivity index (χ2v) is 4.36. The van der Waals surface area contributed by atoms with Gasteiger partial charge in [-0.3, -0.25) is 9.32 Å². The van der Waals surface area contributed by atoms with Crippen LogP contribution in [-0.4, -0.2) is 62.4 Å². The molecular weight excluding hydrogens is 273 g/mol. The second kappa shape index (κ2) is 7.41. The molecule has 0 aliphatic carbocycles. The predicted molar refractivity (Wildman–Crippen MR) is 55.0 cm³/mol. The summed E-state index contributed by atoms with van der Waals surface area (Å²) in [5.41, 5.74) is 8.09. The summed E-state index contributed by atoms with van der Waals surface area (Å²) in [7, 11) is -4.88. The van der Waals surface area contributed by atoms with Gasteiger partial charge in [-0.05, 0) is 5.53 Å². The molecule has 3 atom stereocenters. The van der Waals surface area contributed by atoms with E-state index in [4.69, 9.17) is 20.4 Å². The van der Waals surface area contributed by atoms with Crippen LogP contribution in [0.5, 0.6) is 0 Å². The Morgan fingerprint density at radius 1 is 1.44 bits per heavy atom. The van der Waals surface area contributed by atoms with Crippen molar-refractivity contribution in [2.24, 2.45) is 5.11 Å². The summed E-state index contributed by atoms with van der Waals surface area (Å²) in [5.74, 6) is -1.24. The minimum absolute atomic E-state index is 0.824. The van der Waals surface area contributed by atoms with Gasteiger partial charge in [0.05, 0.1) is 18.8 Å². The largest absolute Gasteiger partial charge is 0.470 e. The lowest BCUT2D eigenvalue weighted by Gasteiger charge is -2.20. The van der Waals surface area contributed by atoms with Gasteiger partial charge in [-0.15, -0.1) is 0 Å². The van der Waals surface area contributed by atoms with E-state index < -0.39 is 45.1 Å². The first-order valence-corrected chi connectivity index (χ1v) is 6.00. The zero-order valence-corrected chi connectivity index (χ0v) is 9.79. The molecule has 0 saturated heterocycles. The van der Waals surface area contributed by atoms with E-state index in [0.29, 0.717) is 0 Å². The molecule has 11 nitrogen and oxygen atoms in total. The molecule has 0 aromatic carbocycles. The SMILES string of the molecule is [N-]=[N+]=N[C@@H](CO)[C@@H](O)[C@H](O)C(=O)COP(=O)(O)O. The van der Waals surface area contributed by atoms with E-state index in [-0.39, 0.29) is 0 Å². The van der Waals surface area contributed by atoms with Crippen LogP contribution in [0.1, 0.15) is 0 Å². The quantitative estimate of drug-likeness (QED) is 0.147. The maximum atomic E-state index is 11.2. The lowest BCUT2D eigenvalue weighted by molar-refractivity contribution is -0.136.